The molecule has 0 aliphatic carbocycles. The summed E-state index contributed by atoms with van der Waals surface area (Å²) in [6.45, 7) is 5.03. The van der Waals surface area contributed by atoms with Gasteiger partial charge >= 0.3 is 5.97 Å². The largest absolute Gasteiger partial charge is 0.478 e. The van der Waals surface area contributed by atoms with Crippen molar-refractivity contribution in [2.45, 2.75) is 32.9 Å². The SMILES string of the molecule is CC(C)NC(=O)C(C)Nc1ccc(C(=O)O)c(F)c1F. The van der Waals surface area contributed by atoms with E-state index in [0.717, 1.165) is 12.1 Å². The van der Waals surface area contributed by atoms with Crippen LogP contribution in [0.3, 0.4) is 0 Å². The molecule has 110 valence electrons. The first-order chi connectivity index (χ1) is 9.23. The highest BCUT2D eigenvalue weighted by Crippen LogP contribution is 2.21. The van der Waals surface area contributed by atoms with Crippen LogP contribution in [-0.4, -0.2) is 29.1 Å². The van der Waals surface area contributed by atoms with E-state index in [0.29, 0.717) is 0 Å². The lowest BCUT2D eigenvalue weighted by atomic mass is 10.1. The van der Waals surface area contributed by atoms with Crippen LogP contribution in [0.2, 0.25) is 0 Å². The Morgan fingerprint density at radius 2 is 1.75 bits per heavy atom. The molecule has 0 bridgehead atoms. The fourth-order valence-corrected chi connectivity index (χ4v) is 1.53. The van der Waals surface area contributed by atoms with Gasteiger partial charge in [0.2, 0.25) is 5.91 Å². The van der Waals surface area contributed by atoms with Crippen LogP contribution in [0.15, 0.2) is 12.1 Å². The summed E-state index contributed by atoms with van der Waals surface area (Å²) >= 11 is 0. The number of halogens is 2. The molecule has 0 fully saturated rings. The van der Waals surface area contributed by atoms with E-state index in [2.05, 4.69) is 10.6 Å². The van der Waals surface area contributed by atoms with E-state index in [1.807, 2.05) is 0 Å². The number of hydrogen-bond donors (Lipinski definition) is 3. The summed E-state index contributed by atoms with van der Waals surface area (Å²) in [6.07, 6.45) is 0. The van der Waals surface area contributed by atoms with Gasteiger partial charge in [-0.25, -0.2) is 13.6 Å². The molecular weight excluding hydrogens is 270 g/mol. The minimum absolute atomic E-state index is 0.0808. The summed E-state index contributed by atoms with van der Waals surface area (Å²) in [4.78, 5) is 22.3. The van der Waals surface area contributed by atoms with Crippen molar-refractivity contribution in [2.75, 3.05) is 5.32 Å². The minimum Gasteiger partial charge on any atom is -0.478 e. The summed E-state index contributed by atoms with van der Waals surface area (Å²) in [5.41, 5.74) is -1.02. The van der Waals surface area contributed by atoms with Gasteiger partial charge in [-0.3, -0.25) is 4.79 Å². The minimum atomic E-state index is -1.56. The maximum absolute atomic E-state index is 13.7. The van der Waals surface area contributed by atoms with E-state index in [1.165, 1.54) is 6.92 Å². The fourth-order valence-electron chi connectivity index (χ4n) is 1.53. The van der Waals surface area contributed by atoms with Gasteiger partial charge in [-0.05, 0) is 32.9 Å². The Balaban J connectivity index is 2.91. The number of amides is 1. The monoisotopic (exact) mass is 286 g/mol. The Hall–Kier alpha value is -2.18. The third-order valence-corrected chi connectivity index (χ3v) is 2.51. The maximum atomic E-state index is 13.7. The van der Waals surface area contributed by atoms with E-state index in [1.54, 1.807) is 13.8 Å². The predicted octanol–water partition coefficient (Wildman–Crippen LogP) is 1.99. The van der Waals surface area contributed by atoms with Crippen molar-refractivity contribution in [1.29, 1.82) is 0 Å². The van der Waals surface area contributed by atoms with E-state index >= 15 is 0 Å². The highest BCUT2D eigenvalue weighted by molar-refractivity contribution is 5.89. The zero-order chi connectivity index (χ0) is 15.4. The lowest BCUT2D eigenvalue weighted by molar-refractivity contribution is -0.122. The predicted molar refractivity (Wildman–Crippen MR) is 69.7 cm³/mol. The molecule has 0 saturated carbocycles. The van der Waals surface area contributed by atoms with Gasteiger partial charge in [0.15, 0.2) is 11.6 Å². The fraction of sp³-hybridized carbons (Fsp3) is 0.385. The van der Waals surface area contributed by atoms with Crippen LogP contribution in [0, 0.1) is 11.6 Å². The summed E-state index contributed by atoms with van der Waals surface area (Å²) in [5, 5.41) is 13.8. The summed E-state index contributed by atoms with van der Waals surface area (Å²) in [5.74, 6) is -4.71. The number of carbonyl (C=O) groups excluding carboxylic acids is 1. The Kier molecular flexibility index (Phi) is 5.01. The molecule has 3 N–H and O–H groups in total. The van der Waals surface area contributed by atoms with Crippen molar-refractivity contribution in [3.05, 3.63) is 29.3 Å². The number of hydrogen-bond acceptors (Lipinski definition) is 3. The van der Waals surface area contributed by atoms with Crippen molar-refractivity contribution in [3.63, 3.8) is 0 Å². The topological polar surface area (TPSA) is 78.4 Å². The maximum Gasteiger partial charge on any atom is 0.338 e. The highest BCUT2D eigenvalue weighted by Gasteiger charge is 2.20. The van der Waals surface area contributed by atoms with Crippen LogP contribution in [0.1, 0.15) is 31.1 Å². The van der Waals surface area contributed by atoms with Crippen molar-refractivity contribution in [1.82, 2.24) is 5.32 Å². The van der Waals surface area contributed by atoms with Gasteiger partial charge in [-0.1, -0.05) is 0 Å². The molecule has 0 saturated heterocycles. The van der Waals surface area contributed by atoms with Crippen molar-refractivity contribution in [3.8, 4) is 0 Å². The lowest BCUT2D eigenvalue weighted by Crippen LogP contribution is -2.41. The van der Waals surface area contributed by atoms with Crippen LogP contribution < -0.4 is 10.6 Å². The number of carboxylic acids is 1. The molecule has 1 aromatic rings. The molecule has 20 heavy (non-hydrogen) atoms. The summed E-state index contributed by atoms with van der Waals surface area (Å²) in [7, 11) is 0. The molecule has 5 nitrogen and oxygen atoms in total. The number of aromatic carboxylic acids is 1. The molecule has 0 aromatic heterocycles. The van der Waals surface area contributed by atoms with Gasteiger partial charge < -0.3 is 15.7 Å². The first kappa shape index (κ1) is 15.9. The standard InChI is InChI=1S/C13H16F2N2O3/c1-6(2)16-12(18)7(3)17-9-5-4-8(13(19)20)10(14)11(9)15/h4-7,17H,1-3H3,(H,16,18)(H,19,20). The molecule has 1 aromatic carbocycles. The molecule has 7 heteroatoms. The van der Waals surface area contributed by atoms with Crippen molar-refractivity contribution >= 4 is 17.6 Å². The lowest BCUT2D eigenvalue weighted by Gasteiger charge is -2.17. The molecule has 1 amide bonds. The van der Waals surface area contributed by atoms with Gasteiger partial charge in [-0.15, -0.1) is 0 Å². The van der Waals surface area contributed by atoms with Crippen LogP contribution in [0.5, 0.6) is 0 Å². The third kappa shape index (κ3) is 3.66. The van der Waals surface area contributed by atoms with Gasteiger partial charge in [0, 0.05) is 6.04 Å². The van der Waals surface area contributed by atoms with Crippen LogP contribution in [-0.2, 0) is 4.79 Å². The van der Waals surface area contributed by atoms with Crippen molar-refractivity contribution in [2.24, 2.45) is 0 Å². The second-order valence-electron chi connectivity index (χ2n) is 4.62. The van der Waals surface area contributed by atoms with Crippen LogP contribution >= 0.6 is 0 Å². The Bertz CT molecular complexity index is 533. The van der Waals surface area contributed by atoms with Crippen LogP contribution in [0.4, 0.5) is 14.5 Å². The average molecular weight is 286 g/mol. The van der Waals surface area contributed by atoms with Crippen LogP contribution in [0.25, 0.3) is 0 Å². The third-order valence-electron chi connectivity index (χ3n) is 2.51. The van der Waals surface area contributed by atoms with E-state index in [9.17, 15) is 18.4 Å². The summed E-state index contributed by atoms with van der Waals surface area (Å²) < 4.78 is 27.2. The molecule has 1 atom stereocenters. The van der Waals surface area contributed by atoms with Gasteiger partial charge in [0.1, 0.15) is 6.04 Å². The highest BCUT2D eigenvalue weighted by atomic mass is 19.2. The molecule has 0 aliphatic rings. The number of nitrogens with one attached hydrogen (secondary N) is 2. The van der Waals surface area contributed by atoms with E-state index in [-0.39, 0.29) is 17.6 Å². The molecule has 0 aliphatic heterocycles. The summed E-state index contributed by atoms with van der Waals surface area (Å²) in [6, 6.07) is 1.15. The van der Waals surface area contributed by atoms with E-state index < -0.39 is 29.2 Å². The van der Waals surface area contributed by atoms with Gasteiger partial charge in [0.05, 0.1) is 11.3 Å². The molecule has 1 unspecified atom stereocenters. The number of rotatable bonds is 5. The first-order valence-corrected chi connectivity index (χ1v) is 6.02. The van der Waals surface area contributed by atoms with Gasteiger partial charge in [-0.2, -0.15) is 0 Å². The molecule has 0 heterocycles. The number of carbonyl (C=O) groups is 2. The normalized spacial score (nSPS) is 12.1. The second-order valence-corrected chi connectivity index (χ2v) is 4.62. The number of anilines is 1. The molecule has 0 spiro atoms. The molecular formula is C13H16F2N2O3. The smallest absolute Gasteiger partial charge is 0.338 e. The molecule has 1 rings (SSSR count). The van der Waals surface area contributed by atoms with Gasteiger partial charge in [0.25, 0.3) is 0 Å². The zero-order valence-electron chi connectivity index (χ0n) is 11.3. The quantitative estimate of drug-likeness (QED) is 0.773. The Morgan fingerprint density at radius 3 is 2.25 bits per heavy atom. The first-order valence-electron chi connectivity index (χ1n) is 6.02. The Labute approximate surface area is 115 Å². The number of benzene rings is 1. The van der Waals surface area contributed by atoms with Crippen molar-refractivity contribution < 1.29 is 23.5 Å². The zero-order valence-corrected chi connectivity index (χ0v) is 11.3. The molecule has 0 radical (unpaired) electrons. The number of carboxylic acid groups (broad SMARTS) is 1. The Morgan fingerprint density at radius 1 is 1.15 bits per heavy atom. The second kappa shape index (κ2) is 6.31. The average Bonchev–Trinajstić information content (AvgIpc) is 2.33. The van der Waals surface area contributed by atoms with E-state index in [4.69, 9.17) is 5.11 Å².